The number of anilines is 1. The van der Waals surface area contributed by atoms with Crippen LogP contribution in [0.15, 0.2) is 42.5 Å². The predicted octanol–water partition coefficient (Wildman–Crippen LogP) is 3.52. The Labute approximate surface area is 128 Å². The zero-order valence-corrected chi connectivity index (χ0v) is 12.5. The van der Waals surface area contributed by atoms with E-state index in [1.807, 2.05) is 34.9 Å². The summed E-state index contributed by atoms with van der Waals surface area (Å²) in [6.07, 6.45) is 0.852. The lowest BCUT2D eigenvalue weighted by atomic mass is 10.1. The van der Waals surface area contributed by atoms with Crippen molar-refractivity contribution in [2.45, 2.75) is 13.0 Å². The number of nitrogens with zero attached hydrogens (tertiary/aromatic N) is 2. The van der Waals surface area contributed by atoms with Crippen LogP contribution in [0, 0.1) is 0 Å². The maximum absolute atomic E-state index is 6.26. The molecule has 3 rings (SSSR count). The van der Waals surface area contributed by atoms with Crippen LogP contribution in [0.25, 0.3) is 11.0 Å². The third-order valence-corrected chi connectivity index (χ3v) is 3.84. The Bertz CT molecular complexity index is 765. The van der Waals surface area contributed by atoms with Crippen LogP contribution in [0.1, 0.15) is 5.56 Å². The molecule has 0 spiro atoms. The minimum atomic E-state index is 0.492. The van der Waals surface area contributed by atoms with Crippen LogP contribution < -0.4 is 10.5 Å². The highest BCUT2D eigenvalue weighted by Crippen LogP contribution is 2.26. The molecule has 0 atom stereocenters. The van der Waals surface area contributed by atoms with Crippen molar-refractivity contribution in [2.24, 2.45) is 0 Å². The summed E-state index contributed by atoms with van der Waals surface area (Å²) in [5.41, 5.74) is 8.94. The van der Waals surface area contributed by atoms with Gasteiger partial charge >= 0.3 is 0 Å². The first-order chi connectivity index (χ1) is 10.2. The van der Waals surface area contributed by atoms with Gasteiger partial charge in [0.1, 0.15) is 5.75 Å². The van der Waals surface area contributed by atoms with E-state index in [0.29, 0.717) is 11.0 Å². The molecule has 0 bridgehead atoms. The average Bonchev–Trinajstić information content (AvgIpc) is 2.82. The minimum Gasteiger partial charge on any atom is -0.497 e. The second-order valence-corrected chi connectivity index (χ2v) is 5.23. The van der Waals surface area contributed by atoms with E-state index in [1.54, 1.807) is 7.11 Å². The van der Waals surface area contributed by atoms with Crippen molar-refractivity contribution in [1.82, 2.24) is 9.55 Å². The molecule has 3 aromatic rings. The number of hydrogen-bond donors (Lipinski definition) is 1. The molecule has 1 aromatic heterocycles. The van der Waals surface area contributed by atoms with Gasteiger partial charge in [-0.05, 0) is 36.2 Å². The summed E-state index contributed by atoms with van der Waals surface area (Å²) in [4.78, 5) is 4.35. The first-order valence-electron chi connectivity index (χ1n) is 6.72. The van der Waals surface area contributed by atoms with Gasteiger partial charge < -0.3 is 15.0 Å². The van der Waals surface area contributed by atoms with E-state index in [9.17, 15) is 0 Å². The van der Waals surface area contributed by atoms with E-state index in [0.717, 1.165) is 29.7 Å². The summed E-state index contributed by atoms with van der Waals surface area (Å²) < 4.78 is 7.12. The number of aromatic nitrogens is 2. The number of rotatable bonds is 4. The van der Waals surface area contributed by atoms with Crippen molar-refractivity contribution in [3.8, 4) is 5.75 Å². The highest BCUT2D eigenvalue weighted by Gasteiger charge is 2.10. The molecular formula is C16H16ClN3O. The van der Waals surface area contributed by atoms with Gasteiger partial charge in [-0.2, -0.15) is 0 Å². The molecule has 0 aliphatic carbocycles. The topological polar surface area (TPSA) is 53.1 Å². The van der Waals surface area contributed by atoms with Crippen LogP contribution >= 0.6 is 11.6 Å². The lowest BCUT2D eigenvalue weighted by Gasteiger charge is -2.08. The predicted molar refractivity (Wildman–Crippen MR) is 85.9 cm³/mol. The van der Waals surface area contributed by atoms with Crippen molar-refractivity contribution < 1.29 is 4.74 Å². The molecule has 4 nitrogen and oxygen atoms in total. The Hall–Kier alpha value is -2.20. The molecule has 2 N–H and O–H groups in total. The Morgan fingerprint density at radius 2 is 1.95 bits per heavy atom. The number of hydrogen-bond acceptors (Lipinski definition) is 3. The molecule has 21 heavy (non-hydrogen) atoms. The van der Waals surface area contributed by atoms with Crippen molar-refractivity contribution >= 4 is 28.6 Å². The van der Waals surface area contributed by atoms with Crippen molar-refractivity contribution in [3.63, 3.8) is 0 Å². The van der Waals surface area contributed by atoms with E-state index in [-0.39, 0.29) is 0 Å². The number of nitrogen functional groups attached to an aromatic ring is 1. The monoisotopic (exact) mass is 301 g/mol. The Morgan fingerprint density at radius 3 is 2.67 bits per heavy atom. The number of ether oxygens (including phenoxy) is 1. The first-order valence-corrected chi connectivity index (χ1v) is 7.10. The fourth-order valence-corrected chi connectivity index (χ4v) is 2.69. The lowest BCUT2D eigenvalue weighted by Crippen LogP contribution is -2.06. The van der Waals surface area contributed by atoms with E-state index >= 15 is 0 Å². The standard InChI is InChI=1S/C16H16ClN3O/c1-21-12-7-5-11(6-8-12)9-10-20-15-13(17)3-2-4-14(15)19-16(20)18/h2-8H,9-10H2,1H3,(H2,18,19). The Balaban J connectivity index is 1.86. The number of fused-ring (bicyclic) bond motifs is 1. The van der Waals surface area contributed by atoms with Gasteiger partial charge in [-0.25, -0.2) is 4.98 Å². The summed E-state index contributed by atoms with van der Waals surface area (Å²) in [6.45, 7) is 0.735. The summed E-state index contributed by atoms with van der Waals surface area (Å²) in [5, 5.41) is 0.673. The molecule has 0 unspecified atom stereocenters. The molecule has 0 radical (unpaired) electrons. The van der Waals surface area contributed by atoms with E-state index < -0.39 is 0 Å². The normalized spacial score (nSPS) is 11.0. The molecule has 2 aromatic carbocycles. The third kappa shape index (κ3) is 2.67. The van der Waals surface area contributed by atoms with Gasteiger partial charge in [0.2, 0.25) is 5.95 Å². The summed E-state index contributed by atoms with van der Waals surface area (Å²) >= 11 is 6.26. The van der Waals surface area contributed by atoms with Crippen LogP contribution in [-0.2, 0) is 13.0 Å². The highest BCUT2D eigenvalue weighted by molar-refractivity contribution is 6.35. The van der Waals surface area contributed by atoms with E-state index in [4.69, 9.17) is 22.1 Å². The molecule has 0 fully saturated rings. The molecule has 108 valence electrons. The molecular weight excluding hydrogens is 286 g/mol. The third-order valence-electron chi connectivity index (χ3n) is 3.53. The van der Waals surface area contributed by atoms with E-state index in [2.05, 4.69) is 17.1 Å². The lowest BCUT2D eigenvalue weighted by molar-refractivity contribution is 0.414. The van der Waals surface area contributed by atoms with Gasteiger partial charge in [0.25, 0.3) is 0 Å². The molecule has 5 heteroatoms. The molecule has 0 aliphatic rings. The largest absolute Gasteiger partial charge is 0.497 e. The molecule has 0 aliphatic heterocycles. The summed E-state index contributed by atoms with van der Waals surface area (Å²) in [7, 11) is 1.66. The van der Waals surface area contributed by atoms with Crippen LogP contribution in [0.5, 0.6) is 5.75 Å². The van der Waals surface area contributed by atoms with Crippen molar-refractivity contribution in [3.05, 3.63) is 53.1 Å². The van der Waals surface area contributed by atoms with Crippen molar-refractivity contribution in [2.75, 3.05) is 12.8 Å². The first kappa shape index (κ1) is 13.8. The fraction of sp³-hybridized carbons (Fsp3) is 0.188. The number of halogens is 1. The van der Waals surface area contributed by atoms with Gasteiger partial charge in [0.15, 0.2) is 0 Å². The van der Waals surface area contributed by atoms with Crippen LogP contribution in [0.2, 0.25) is 5.02 Å². The maximum atomic E-state index is 6.26. The highest BCUT2D eigenvalue weighted by atomic mass is 35.5. The van der Waals surface area contributed by atoms with Crippen molar-refractivity contribution in [1.29, 1.82) is 0 Å². The van der Waals surface area contributed by atoms with Gasteiger partial charge in [0.05, 0.1) is 23.2 Å². The molecule has 0 saturated heterocycles. The zero-order chi connectivity index (χ0) is 14.8. The number of para-hydroxylation sites is 1. The quantitative estimate of drug-likeness (QED) is 0.802. The second-order valence-electron chi connectivity index (χ2n) is 4.83. The Morgan fingerprint density at radius 1 is 1.19 bits per heavy atom. The smallest absolute Gasteiger partial charge is 0.201 e. The SMILES string of the molecule is COc1ccc(CCn2c(N)nc3cccc(Cl)c32)cc1. The van der Waals surface area contributed by atoms with Crippen LogP contribution in [0.3, 0.4) is 0 Å². The number of imidazole rings is 1. The number of aryl methyl sites for hydroxylation is 2. The molecule has 1 heterocycles. The molecule has 0 saturated carbocycles. The fourth-order valence-electron chi connectivity index (χ4n) is 2.42. The van der Waals surface area contributed by atoms with Gasteiger partial charge in [-0.3, -0.25) is 0 Å². The summed E-state index contributed by atoms with van der Waals surface area (Å²) in [6, 6.07) is 13.7. The summed E-state index contributed by atoms with van der Waals surface area (Å²) in [5.74, 6) is 1.35. The number of methoxy groups -OCH3 is 1. The average molecular weight is 302 g/mol. The van der Waals surface area contributed by atoms with Gasteiger partial charge in [-0.15, -0.1) is 0 Å². The number of nitrogens with two attached hydrogens (primary N) is 1. The minimum absolute atomic E-state index is 0.492. The van der Waals surface area contributed by atoms with Crippen LogP contribution in [-0.4, -0.2) is 16.7 Å². The van der Waals surface area contributed by atoms with E-state index in [1.165, 1.54) is 5.56 Å². The van der Waals surface area contributed by atoms with Gasteiger partial charge in [0, 0.05) is 6.54 Å². The number of benzene rings is 2. The maximum Gasteiger partial charge on any atom is 0.201 e. The van der Waals surface area contributed by atoms with Crippen LogP contribution in [0.4, 0.5) is 5.95 Å². The zero-order valence-electron chi connectivity index (χ0n) is 11.7. The van der Waals surface area contributed by atoms with Gasteiger partial charge in [-0.1, -0.05) is 29.8 Å². The Kier molecular flexibility index (Phi) is 3.71. The molecule has 0 amide bonds. The second kappa shape index (κ2) is 5.66.